The molecule has 2 aliphatic heterocycles. The Bertz CT molecular complexity index is 580. The second-order valence-electron chi connectivity index (χ2n) is 9.69. The van der Waals surface area contributed by atoms with Gasteiger partial charge in [-0.25, -0.2) is 0 Å². The molecule has 0 amide bonds. The highest BCUT2D eigenvalue weighted by atomic mass is 16.7. The van der Waals surface area contributed by atoms with Gasteiger partial charge in [0.15, 0.2) is 11.6 Å². The summed E-state index contributed by atoms with van der Waals surface area (Å²) in [4.78, 5) is 11.5. The average Bonchev–Trinajstić information content (AvgIpc) is 3.05. The molecule has 3 aliphatic rings. The Morgan fingerprint density at radius 1 is 0.933 bits per heavy atom. The average molecular weight is 419 g/mol. The second kappa shape index (κ2) is 11.6. The number of aliphatic hydroxyl groups excluding tert-OH is 1. The molecule has 0 bridgehead atoms. The van der Waals surface area contributed by atoms with Gasteiger partial charge in [0, 0.05) is 12.8 Å². The largest absolute Gasteiger partial charge is 0.393 e. The molecule has 4 heteroatoms. The third kappa shape index (κ3) is 7.03. The highest BCUT2D eigenvalue weighted by Gasteiger charge is 2.52. The Morgan fingerprint density at radius 3 is 2.17 bits per heavy atom. The van der Waals surface area contributed by atoms with Crippen LogP contribution in [0.25, 0.3) is 0 Å². The Labute approximate surface area is 183 Å². The molecule has 4 nitrogen and oxygen atoms in total. The van der Waals surface area contributed by atoms with E-state index in [9.17, 15) is 9.90 Å². The zero-order valence-corrected chi connectivity index (χ0v) is 18.9. The first kappa shape index (κ1) is 23.7. The molecule has 2 spiro atoms. The lowest BCUT2D eigenvalue weighted by molar-refractivity contribution is -0.292. The number of aliphatic hydroxyl groups is 1. The van der Waals surface area contributed by atoms with E-state index in [2.05, 4.69) is 6.92 Å². The maximum absolute atomic E-state index is 11.5. The monoisotopic (exact) mass is 418 g/mol. The van der Waals surface area contributed by atoms with Crippen LogP contribution in [0, 0.1) is 0 Å². The summed E-state index contributed by atoms with van der Waals surface area (Å²) < 4.78 is 12.8. The Balaban J connectivity index is 1.31. The fourth-order valence-electron chi connectivity index (χ4n) is 5.21. The summed E-state index contributed by atoms with van der Waals surface area (Å²) in [6.45, 7) is 2.27. The van der Waals surface area contributed by atoms with E-state index in [1.54, 1.807) is 12.2 Å². The van der Waals surface area contributed by atoms with Crippen molar-refractivity contribution in [2.45, 2.75) is 133 Å². The van der Waals surface area contributed by atoms with Gasteiger partial charge < -0.3 is 14.6 Å². The molecule has 1 aliphatic carbocycles. The van der Waals surface area contributed by atoms with Gasteiger partial charge in [-0.2, -0.15) is 0 Å². The number of ether oxygens (including phenoxy) is 2. The van der Waals surface area contributed by atoms with E-state index >= 15 is 0 Å². The number of ketones is 1. The van der Waals surface area contributed by atoms with Crippen molar-refractivity contribution < 1.29 is 19.4 Å². The van der Waals surface area contributed by atoms with Crippen molar-refractivity contribution in [2.75, 3.05) is 0 Å². The van der Waals surface area contributed by atoms with E-state index in [1.807, 2.05) is 12.2 Å². The van der Waals surface area contributed by atoms with Gasteiger partial charge in [-0.05, 0) is 43.6 Å². The van der Waals surface area contributed by atoms with Gasteiger partial charge in [0.2, 0.25) is 0 Å². The van der Waals surface area contributed by atoms with Gasteiger partial charge in [-0.3, -0.25) is 4.79 Å². The quantitative estimate of drug-likeness (QED) is 0.385. The number of hydrogen-bond donors (Lipinski definition) is 1. The van der Waals surface area contributed by atoms with Gasteiger partial charge in [0.1, 0.15) is 5.60 Å². The van der Waals surface area contributed by atoms with Crippen LogP contribution in [0.5, 0.6) is 0 Å². The SMILES string of the molecule is CCCCCCCCCCCCC[C@@H]1C[C@H](O)C[C@@]2(CCC3(C=CC(=O)C=C3)O2)O1. The summed E-state index contributed by atoms with van der Waals surface area (Å²) in [6, 6.07) is 0. The van der Waals surface area contributed by atoms with Crippen molar-refractivity contribution in [3.05, 3.63) is 24.3 Å². The van der Waals surface area contributed by atoms with Crippen LogP contribution in [0.1, 0.15) is 110 Å². The maximum atomic E-state index is 11.5. The molecule has 0 aromatic rings. The van der Waals surface area contributed by atoms with Crippen LogP contribution in [0.2, 0.25) is 0 Å². The topological polar surface area (TPSA) is 55.8 Å². The van der Waals surface area contributed by atoms with Crippen molar-refractivity contribution in [3.63, 3.8) is 0 Å². The molecule has 170 valence electrons. The summed E-state index contributed by atoms with van der Waals surface area (Å²) in [5, 5.41) is 10.5. The zero-order chi connectivity index (χ0) is 21.3. The Morgan fingerprint density at radius 2 is 1.53 bits per heavy atom. The molecular weight excluding hydrogens is 376 g/mol. The van der Waals surface area contributed by atoms with Crippen LogP contribution >= 0.6 is 0 Å². The predicted molar refractivity (Wildman–Crippen MR) is 120 cm³/mol. The van der Waals surface area contributed by atoms with E-state index < -0.39 is 11.4 Å². The van der Waals surface area contributed by atoms with E-state index in [-0.39, 0.29) is 18.0 Å². The molecule has 1 N–H and O–H groups in total. The fourth-order valence-corrected chi connectivity index (χ4v) is 5.21. The van der Waals surface area contributed by atoms with E-state index in [1.165, 1.54) is 64.2 Å². The molecule has 2 saturated heterocycles. The second-order valence-corrected chi connectivity index (χ2v) is 9.69. The molecule has 2 fully saturated rings. The zero-order valence-electron chi connectivity index (χ0n) is 18.9. The van der Waals surface area contributed by atoms with Crippen molar-refractivity contribution in [2.24, 2.45) is 0 Å². The summed E-state index contributed by atoms with van der Waals surface area (Å²) in [5.74, 6) is -0.695. The molecule has 0 radical (unpaired) electrons. The van der Waals surface area contributed by atoms with Crippen LogP contribution in [0.4, 0.5) is 0 Å². The molecule has 3 rings (SSSR count). The third-order valence-corrected chi connectivity index (χ3v) is 6.92. The maximum Gasteiger partial charge on any atom is 0.178 e. The Kier molecular flexibility index (Phi) is 9.15. The molecular formula is C26H42O4. The molecule has 30 heavy (non-hydrogen) atoms. The third-order valence-electron chi connectivity index (χ3n) is 6.92. The van der Waals surface area contributed by atoms with Crippen LogP contribution in [0.3, 0.4) is 0 Å². The Hall–Kier alpha value is -0.970. The minimum Gasteiger partial charge on any atom is -0.393 e. The van der Waals surface area contributed by atoms with Crippen LogP contribution < -0.4 is 0 Å². The number of unbranched alkanes of at least 4 members (excludes halogenated alkanes) is 10. The first-order valence-electron chi connectivity index (χ1n) is 12.5. The van der Waals surface area contributed by atoms with E-state index in [0.717, 1.165) is 25.7 Å². The molecule has 2 heterocycles. The van der Waals surface area contributed by atoms with Gasteiger partial charge >= 0.3 is 0 Å². The summed E-state index contributed by atoms with van der Waals surface area (Å²) in [5.41, 5.74) is -0.536. The normalized spacial score (nSPS) is 30.0. The van der Waals surface area contributed by atoms with Gasteiger partial charge in [0.05, 0.1) is 12.2 Å². The standard InChI is InChI=1S/C26H42O4/c1-2-3-4-5-6-7-8-9-10-11-12-13-24-20-23(28)21-26(29-24)19-18-25(30-26)16-14-22(27)15-17-25/h14-17,23-24,28H,2-13,18-21H2,1H3/t23-,24+,26-/m0/s1. The number of hydrogen-bond acceptors (Lipinski definition) is 4. The van der Waals surface area contributed by atoms with Crippen molar-refractivity contribution in [1.82, 2.24) is 0 Å². The van der Waals surface area contributed by atoms with Crippen molar-refractivity contribution in [3.8, 4) is 0 Å². The van der Waals surface area contributed by atoms with Gasteiger partial charge in [-0.1, -0.05) is 77.6 Å². The molecule has 0 unspecified atom stereocenters. The number of carbonyl (C=O) groups is 1. The first-order chi connectivity index (χ1) is 14.5. The summed E-state index contributed by atoms with van der Waals surface area (Å²) in [7, 11) is 0. The van der Waals surface area contributed by atoms with Gasteiger partial charge in [-0.15, -0.1) is 0 Å². The van der Waals surface area contributed by atoms with Crippen LogP contribution in [-0.4, -0.2) is 34.5 Å². The first-order valence-corrected chi connectivity index (χ1v) is 12.5. The van der Waals surface area contributed by atoms with Crippen LogP contribution in [-0.2, 0) is 14.3 Å². The lowest BCUT2D eigenvalue weighted by atomic mass is 9.91. The molecule has 0 saturated carbocycles. The number of carbonyl (C=O) groups excluding carboxylic acids is 1. The van der Waals surface area contributed by atoms with Gasteiger partial charge in [0.25, 0.3) is 0 Å². The van der Waals surface area contributed by atoms with E-state index in [0.29, 0.717) is 12.8 Å². The lowest BCUT2D eigenvalue weighted by Crippen LogP contribution is -2.47. The lowest BCUT2D eigenvalue weighted by Gasteiger charge is -2.42. The summed E-state index contributed by atoms with van der Waals surface area (Å²) >= 11 is 0. The number of allylic oxidation sites excluding steroid dienone is 2. The summed E-state index contributed by atoms with van der Waals surface area (Å²) in [6.07, 6.45) is 25.1. The highest BCUT2D eigenvalue weighted by Crippen LogP contribution is 2.47. The van der Waals surface area contributed by atoms with Crippen molar-refractivity contribution >= 4 is 5.78 Å². The number of rotatable bonds is 12. The predicted octanol–water partition coefficient (Wildman–Crippen LogP) is 6.17. The molecule has 0 aromatic carbocycles. The minimum atomic E-state index is -0.699. The van der Waals surface area contributed by atoms with Crippen LogP contribution in [0.15, 0.2) is 24.3 Å². The minimum absolute atomic E-state index is 0.00384. The van der Waals surface area contributed by atoms with Crippen molar-refractivity contribution in [1.29, 1.82) is 0 Å². The molecule has 3 atom stereocenters. The fraction of sp³-hybridized carbons (Fsp3) is 0.808. The molecule has 0 aromatic heterocycles. The van der Waals surface area contributed by atoms with E-state index in [4.69, 9.17) is 9.47 Å². The smallest absolute Gasteiger partial charge is 0.178 e. The highest BCUT2D eigenvalue weighted by molar-refractivity contribution is 6.00.